The lowest BCUT2D eigenvalue weighted by Gasteiger charge is -2.36. The Bertz CT molecular complexity index is 566. The number of alkyl halides is 4. The number of carbonyl (C=O) groups excluding carboxylic acids is 1. The van der Waals surface area contributed by atoms with E-state index >= 15 is 4.39 Å². The highest BCUT2D eigenvalue weighted by atomic mass is 19.4. The standard InChI is InChI=1S/C14H17F4NO4/c1-7(2)10(20)13(15)6-8(12(3,23)14(16,17)18)4-5-9(13)19-11(21)22/h4-7,9,19,23H,1-3H3,(H,21,22). The Morgan fingerprint density at radius 3 is 2.26 bits per heavy atom. The first-order valence-corrected chi connectivity index (χ1v) is 6.66. The molecular weight excluding hydrogens is 322 g/mol. The van der Waals surface area contributed by atoms with Crippen LogP contribution < -0.4 is 5.32 Å². The summed E-state index contributed by atoms with van der Waals surface area (Å²) in [6.07, 6.45) is -4.87. The molecule has 3 unspecified atom stereocenters. The van der Waals surface area contributed by atoms with Crippen LogP contribution in [0, 0.1) is 5.92 Å². The van der Waals surface area contributed by atoms with Gasteiger partial charge in [-0.1, -0.05) is 26.0 Å². The van der Waals surface area contributed by atoms with E-state index < -0.39 is 46.9 Å². The number of ketones is 1. The lowest BCUT2D eigenvalue weighted by atomic mass is 9.77. The van der Waals surface area contributed by atoms with Crippen LogP contribution in [0.5, 0.6) is 0 Å². The van der Waals surface area contributed by atoms with Crippen molar-refractivity contribution in [3.05, 3.63) is 23.8 Å². The van der Waals surface area contributed by atoms with Gasteiger partial charge < -0.3 is 15.5 Å². The molecule has 3 atom stereocenters. The first-order chi connectivity index (χ1) is 10.2. The molecule has 23 heavy (non-hydrogen) atoms. The summed E-state index contributed by atoms with van der Waals surface area (Å²) in [5.41, 5.74) is -7.29. The van der Waals surface area contributed by atoms with Crippen molar-refractivity contribution in [1.29, 1.82) is 0 Å². The number of carbonyl (C=O) groups is 2. The summed E-state index contributed by atoms with van der Waals surface area (Å²) in [5, 5.41) is 20.1. The highest BCUT2D eigenvalue weighted by molar-refractivity contribution is 5.93. The van der Waals surface area contributed by atoms with Gasteiger partial charge in [-0.3, -0.25) is 4.79 Å². The molecule has 0 bridgehead atoms. The van der Waals surface area contributed by atoms with Crippen LogP contribution in [0.2, 0.25) is 0 Å². The molecule has 9 heteroatoms. The van der Waals surface area contributed by atoms with E-state index in [4.69, 9.17) is 5.11 Å². The predicted molar refractivity (Wildman–Crippen MR) is 72.5 cm³/mol. The fourth-order valence-corrected chi connectivity index (χ4v) is 2.12. The molecule has 130 valence electrons. The van der Waals surface area contributed by atoms with Crippen LogP contribution in [0.25, 0.3) is 0 Å². The van der Waals surface area contributed by atoms with Gasteiger partial charge in [-0.25, -0.2) is 9.18 Å². The number of hydrogen-bond donors (Lipinski definition) is 3. The van der Waals surface area contributed by atoms with Gasteiger partial charge in [-0.2, -0.15) is 13.2 Å². The SMILES string of the molecule is CC(C)C(=O)C1(F)C=C(C(C)(O)C(F)(F)F)C=CC1NC(=O)O. The third kappa shape index (κ3) is 3.54. The molecule has 1 aliphatic rings. The molecule has 3 N–H and O–H groups in total. The van der Waals surface area contributed by atoms with Crippen molar-refractivity contribution in [2.45, 2.75) is 44.3 Å². The molecule has 0 aromatic heterocycles. The van der Waals surface area contributed by atoms with E-state index in [1.165, 1.54) is 13.8 Å². The predicted octanol–water partition coefficient (Wildman–Crippen LogP) is 2.37. The van der Waals surface area contributed by atoms with Gasteiger partial charge in [0.15, 0.2) is 11.4 Å². The van der Waals surface area contributed by atoms with Crippen LogP contribution in [0.15, 0.2) is 23.8 Å². The largest absolute Gasteiger partial charge is 0.465 e. The molecule has 0 aliphatic heterocycles. The summed E-state index contributed by atoms with van der Waals surface area (Å²) in [6.45, 7) is 3.08. The van der Waals surface area contributed by atoms with E-state index in [0.29, 0.717) is 13.0 Å². The van der Waals surface area contributed by atoms with Crippen molar-refractivity contribution in [3.63, 3.8) is 0 Å². The number of Topliss-reactive ketones (excluding diaryl/α,β-unsaturated/α-hetero) is 1. The lowest BCUT2D eigenvalue weighted by Crippen LogP contribution is -2.56. The number of hydrogen-bond acceptors (Lipinski definition) is 3. The van der Waals surface area contributed by atoms with Gasteiger partial charge in [0, 0.05) is 5.92 Å². The van der Waals surface area contributed by atoms with Crippen molar-refractivity contribution in [3.8, 4) is 0 Å². The van der Waals surface area contributed by atoms with Crippen molar-refractivity contribution in [2.24, 2.45) is 5.92 Å². The summed E-state index contributed by atoms with van der Waals surface area (Å²) >= 11 is 0. The van der Waals surface area contributed by atoms with E-state index in [9.17, 15) is 27.9 Å². The minimum Gasteiger partial charge on any atom is -0.465 e. The summed E-state index contributed by atoms with van der Waals surface area (Å²) in [6, 6.07) is -1.69. The second kappa shape index (κ2) is 5.95. The summed E-state index contributed by atoms with van der Waals surface area (Å²) in [4.78, 5) is 22.8. The fraction of sp³-hybridized carbons (Fsp3) is 0.571. The van der Waals surface area contributed by atoms with Crippen molar-refractivity contribution < 1.29 is 37.4 Å². The minimum atomic E-state index is -5.10. The van der Waals surface area contributed by atoms with Gasteiger partial charge in [0.1, 0.15) is 0 Å². The monoisotopic (exact) mass is 339 g/mol. The molecule has 0 aromatic carbocycles. The summed E-state index contributed by atoms with van der Waals surface area (Å²) < 4.78 is 53.8. The van der Waals surface area contributed by atoms with Gasteiger partial charge in [0.05, 0.1) is 6.04 Å². The molecule has 0 spiro atoms. The highest BCUT2D eigenvalue weighted by Gasteiger charge is 2.55. The zero-order chi connectivity index (χ0) is 18.2. The molecular formula is C14H17F4NO4. The quantitative estimate of drug-likeness (QED) is 0.686. The third-order valence-corrected chi connectivity index (χ3v) is 3.58. The van der Waals surface area contributed by atoms with E-state index in [1.54, 1.807) is 5.32 Å². The van der Waals surface area contributed by atoms with Gasteiger partial charge in [-0.05, 0) is 18.6 Å². The third-order valence-electron chi connectivity index (χ3n) is 3.58. The van der Waals surface area contributed by atoms with Crippen LogP contribution in [0.4, 0.5) is 22.4 Å². The highest BCUT2D eigenvalue weighted by Crippen LogP contribution is 2.40. The molecule has 0 fully saturated rings. The second-order valence-corrected chi connectivity index (χ2v) is 5.74. The fourth-order valence-electron chi connectivity index (χ4n) is 2.12. The zero-order valence-corrected chi connectivity index (χ0v) is 12.6. The molecule has 1 rings (SSSR count). The average Bonchev–Trinajstić information content (AvgIpc) is 2.38. The lowest BCUT2D eigenvalue weighted by molar-refractivity contribution is -0.236. The van der Waals surface area contributed by atoms with Gasteiger partial charge in [0.25, 0.3) is 0 Å². The maximum absolute atomic E-state index is 15.1. The number of amides is 1. The molecule has 1 aliphatic carbocycles. The summed E-state index contributed by atoms with van der Waals surface area (Å²) in [7, 11) is 0. The number of rotatable bonds is 4. The molecule has 0 radical (unpaired) electrons. The number of nitrogens with one attached hydrogen (secondary N) is 1. The Kier molecular flexibility index (Phi) is 4.95. The molecule has 0 saturated heterocycles. The molecule has 5 nitrogen and oxygen atoms in total. The first-order valence-electron chi connectivity index (χ1n) is 6.66. The first kappa shape index (κ1) is 19.1. The van der Waals surface area contributed by atoms with Crippen LogP contribution in [-0.2, 0) is 4.79 Å². The van der Waals surface area contributed by atoms with E-state index in [-0.39, 0.29) is 0 Å². The van der Waals surface area contributed by atoms with E-state index in [1.807, 2.05) is 0 Å². The Hall–Kier alpha value is -1.90. The van der Waals surface area contributed by atoms with Crippen LogP contribution >= 0.6 is 0 Å². The maximum Gasteiger partial charge on any atom is 0.421 e. The van der Waals surface area contributed by atoms with Crippen LogP contribution in [0.3, 0.4) is 0 Å². The van der Waals surface area contributed by atoms with Gasteiger partial charge in [-0.15, -0.1) is 0 Å². The Labute approximate surface area is 129 Å². The molecule has 0 aromatic rings. The minimum absolute atomic E-state index is 0.337. The number of carboxylic acid groups (broad SMARTS) is 1. The van der Waals surface area contributed by atoms with Crippen LogP contribution in [-0.4, -0.2) is 45.6 Å². The molecule has 0 saturated carbocycles. The van der Waals surface area contributed by atoms with E-state index in [0.717, 1.165) is 12.2 Å². The Balaban J connectivity index is 3.40. The smallest absolute Gasteiger partial charge is 0.421 e. The normalized spacial score (nSPS) is 27.3. The van der Waals surface area contributed by atoms with Crippen LogP contribution in [0.1, 0.15) is 20.8 Å². The maximum atomic E-state index is 15.1. The van der Waals surface area contributed by atoms with Crippen molar-refractivity contribution in [1.82, 2.24) is 5.32 Å². The number of aliphatic hydroxyl groups is 1. The van der Waals surface area contributed by atoms with Crippen molar-refractivity contribution >= 4 is 11.9 Å². The molecule has 0 heterocycles. The second-order valence-electron chi connectivity index (χ2n) is 5.74. The summed E-state index contributed by atoms with van der Waals surface area (Å²) in [5.74, 6) is -2.01. The van der Waals surface area contributed by atoms with Crippen molar-refractivity contribution in [2.75, 3.05) is 0 Å². The Morgan fingerprint density at radius 2 is 1.87 bits per heavy atom. The number of halogens is 4. The Morgan fingerprint density at radius 1 is 1.35 bits per heavy atom. The topological polar surface area (TPSA) is 86.6 Å². The van der Waals surface area contributed by atoms with Gasteiger partial charge in [0.2, 0.25) is 5.67 Å². The van der Waals surface area contributed by atoms with Gasteiger partial charge >= 0.3 is 12.3 Å². The van der Waals surface area contributed by atoms with E-state index in [2.05, 4.69) is 0 Å². The average molecular weight is 339 g/mol. The zero-order valence-electron chi connectivity index (χ0n) is 12.6. The molecule has 1 amide bonds.